The first-order valence-electron chi connectivity index (χ1n) is 37.6. The minimum absolute atomic E-state index is 0.00542. The number of carboxylic acid groups (broad SMARTS) is 1. The molecule has 0 fully saturated rings. The van der Waals surface area contributed by atoms with E-state index >= 15 is 0 Å². The summed E-state index contributed by atoms with van der Waals surface area (Å²) in [7, 11) is 0. The van der Waals surface area contributed by atoms with Crippen LogP contribution in [0.25, 0.3) is 0 Å². The fourth-order valence-electron chi connectivity index (χ4n) is 10.5. The van der Waals surface area contributed by atoms with Gasteiger partial charge in [0, 0.05) is 128 Å². The molecule has 0 unspecified atom stereocenters. The van der Waals surface area contributed by atoms with Crippen molar-refractivity contribution < 1.29 is 120 Å². The number of hydrogen-bond donors (Lipinski definition) is 7. The normalized spacial score (nSPS) is 10.8. The monoisotopic (exact) mass is 1590 g/mol. The highest BCUT2D eigenvalue weighted by Crippen LogP contribution is 2.41. The zero-order valence-electron chi connectivity index (χ0n) is 65.2. The standard InChI is InChI=1S/C43H60N4O14.C37H57N3O12/c1-4-23-55-29-32-58-26-20-44-39(49)14-17-43(18-15-40(50)45-21-27-59-33-30-56-24-5-2,19-16-41(51)46-22-28-60-34-31-57-25-6-3)35-37(48)8-7-9-42(52)61-38-12-10-36(11-13-38)47(53)54;1-4-19-47-25-28-50-22-16-38-33(42)10-13-37(31-32(41)8-7-9-36(45)46,14-11-34(43)39-17-23-51-29-26-48-20-5-2)15-12-35(44)40-18-24-52-30-27-49-21-6-3/h1-3,10-13H,7-9,14-35H2,(H,44,49)(H,45,50)(H,46,51);1-3H,7-31H2,(H,38,42)(H,39,43)(H,40,44)(H,45,46). The summed E-state index contributed by atoms with van der Waals surface area (Å²) >= 11 is 0. The average molecular weight is 1590 g/mol. The molecule has 0 saturated heterocycles. The average Bonchev–Trinajstić information content (AvgIpc) is 0.851. The molecule has 1 aromatic carbocycles. The lowest BCUT2D eigenvalue weighted by Gasteiger charge is -2.33. The number of nitro benzene ring substituents is 1. The zero-order valence-corrected chi connectivity index (χ0v) is 65.2. The van der Waals surface area contributed by atoms with E-state index in [2.05, 4.69) is 67.4 Å². The lowest BCUT2D eigenvalue weighted by atomic mass is 9.71. The minimum atomic E-state index is -1.01. The molecule has 33 heteroatoms. The Kier molecular flexibility index (Phi) is 66.8. The van der Waals surface area contributed by atoms with Gasteiger partial charge in [0.05, 0.1) is 124 Å². The maximum absolute atomic E-state index is 13.6. The number of nitrogens with one attached hydrogen (secondary N) is 6. The van der Waals surface area contributed by atoms with Gasteiger partial charge in [0.2, 0.25) is 35.4 Å². The Labute approximate surface area is 664 Å². The molecular weight excluding hydrogens is 1470 g/mol. The van der Waals surface area contributed by atoms with Crippen LogP contribution in [0.1, 0.15) is 128 Å². The van der Waals surface area contributed by atoms with Crippen molar-refractivity contribution in [1.82, 2.24) is 31.9 Å². The topological polar surface area (TPSA) is 426 Å². The first kappa shape index (κ1) is 104. The Bertz CT molecular complexity index is 2900. The van der Waals surface area contributed by atoms with E-state index in [9.17, 15) is 58.1 Å². The van der Waals surface area contributed by atoms with Crippen molar-refractivity contribution in [1.29, 1.82) is 0 Å². The van der Waals surface area contributed by atoms with Gasteiger partial charge in [0.15, 0.2) is 0 Å². The van der Waals surface area contributed by atoms with E-state index in [1.54, 1.807) is 0 Å². The smallest absolute Gasteiger partial charge is 0.311 e. The van der Waals surface area contributed by atoms with E-state index < -0.39 is 27.7 Å². The van der Waals surface area contributed by atoms with E-state index in [0.717, 1.165) is 0 Å². The number of nitrogens with zero attached hydrogens (tertiary/aromatic N) is 1. The number of amides is 6. The molecule has 33 nitrogen and oxygen atoms in total. The SMILES string of the molecule is C#CCOCCOCCNC(=O)CCC(CCC(=O)NCCOCCOCC#C)(CCC(=O)NCCOCCOCC#C)CC(=O)CCCC(=O)O.C#CCOCCOCCNC(=O)CCC(CCC(=O)NCCOCCOCC#C)(CCC(=O)NCCOCCOCC#C)CC(=O)CCCC(=O)Oc1ccc([N+](=O)[O-])cc1. The van der Waals surface area contributed by atoms with Crippen molar-refractivity contribution in [2.24, 2.45) is 10.8 Å². The molecule has 0 heterocycles. The fraction of sp³-hybridized carbons (Fsp3) is 0.650. The number of ether oxygens (including phenoxy) is 13. The molecule has 628 valence electrons. The van der Waals surface area contributed by atoms with Gasteiger partial charge in [-0.2, -0.15) is 0 Å². The minimum Gasteiger partial charge on any atom is -0.481 e. The number of benzene rings is 1. The van der Waals surface area contributed by atoms with Crippen LogP contribution in [0.15, 0.2) is 24.3 Å². The maximum atomic E-state index is 13.6. The number of rotatable bonds is 74. The number of nitro groups is 1. The number of non-ortho nitro benzene ring substituents is 1. The number of hydrogen-bond acceptors (Lipinski definition) is 25. The van der Waals surface area contributed by atoms with Gasteiger partial charge in [0.1, 0.15) is 57.0 Å². The Morgan fingerprint density at radius 1 is 0.336 bits per heavy atom. The fourth-order valence-corrected chi connectivity index (χ4v) is 10.5. The van der Waals surface area contributed by atoms with Crippen LogP contribution < -0.4 is 36.6 Å². The third-order valence-corrected chi connectivity index (χ3v) is 16.2. The summed E-state index contributed by atoms with van der Waals surface area (Å²) < 4.78 is 68.8. The number of carbonyl (C=O) groups is 10. The van der Waals surface area contributed by atoms with Crippen molar-refractivity contribution >= 4 is 64.6 Å². The second-order valence-electron chi connectivity index (χ2n) is 25.1. The number of esters is 1. The van der Waals surface area contributed by atoms with Crippen LogP contribution in [0.3, 0.4) is 0 Å². The molecule has 113 heavy (non-hydrogen) atoms. The van der Waals surface area contributed by atoms with Gasteiger partial charge in [-0.3, -0.25) is 58.1 Å². The number of carbonyl (C=O) groups excluding carboxylic acids is 9. The van der Waals surface area contributed by atoms with Crippen LogP contribution in [-0.2, 0) is 105 Å². The van der Waals surface area contributed by atoms with E-state index in [4.69, 9.17) is 105 Å². The molecule has 0 aromatic heterocycles. The second-order valence-corrected chi connectivity index (χ2v) is 25.1. The van der Waals surface area contributed by atoms with Crippen LogP contribution in [0, 0.1) is 95.0 Å². The van der Waals surface area contributed by atoms with Gasteiger partial charge in [0.25, 0.3) is 5.69 Å². The molecule has 0 atom stereocenters. The highest BCUT2D eigenvalue weighted by molar-refractivity contribution is 5.83. The van der Waals surface area contributed by atoms with Crippen molar-refractivity contribution in [3.63, 3.8) is 0 Å². The Hall–Kier alpha value is -9.40. The molecule has 6 amide bonds. The molecule has 0 aliphatic rings. The van der Waals surface area contributed by atoms with Crippen LogP contribution >= 0.6 is 0 Å². The first-order valence-corrected chi connectivity index (χ1v) is 37.6. The highest BCUT2D eigenvalue weighted by Gasteiger charge is 2.36. The highest BCUT2D eigenvalue weighted by atomic mass is 16.6. The van der Waals surface area contributed by atoms with Gasteiger partial charge >= 0.3 is 11.9 Å². The molecule has 1 rings (SSSR count). The largest absolute Gasteiger partial charge is 0.481 e. The predicted octanol–water partition coefficient (Wildman–Crippen LogP) is 3.18. The number of carboxylic acids is 1. The second kappa shape index (κ2) is 72.8. The molecule has 0 saturated carbocycles. The summed E-state index contributed by atoms with van der Waals surface area (Å²) in [4.78, 5) is 138. The first-order chi connectivity index (χ1) is 54.7. The quantitative estimate of drug-likeness (QED) is 0.0123. The summed E-state index contributed by atoms with van der Waals surface area (Å²) in [5, 5.41) is 36.7. The Balaban J connectivity index is 0.00000225. The third-order valence-electron chi connectivity index (χ3n) is 16.2. The number of Topliss-reactive ketones (excluding diaryl/α,β-unsaturated/α-hetero) is 2. The third kappa shape index (κ3) is 64.8. The summed E-state index contributed by atoms with van der Waals surface area (Å²) in [5.74, 6) is 10.4. The Morgan fingerprint density at radius 2 is 0.566 bits per heavy atom. The van der Waals surface area contributed by atoms with Crippen molar-refractivity contribution in [2.75, 3.05) is 198 Å². The lowest BCUT2D eigenvalue weighted by molar-refractivity contribution is -0.384. The molecule has 0 bridgehead atoms. The molecule has 0 aliphatic heterocycles. The van der Waals surface area contributed by atoms with Crippen LogP contribution in [0.5, 0.6) is 5.75 Å². The predicted molar refractivity (Wildman–Crippen MR) is 414 cm³/mol. The van der Waals surface area contributed by atoms with Crippen LogP contribution in [0.4, 0.5) is 5.69 Å². The number of aliphatic carboxylic acids is 1. The Morgan fingerprint density at radius 3 is 0.788 bits per heavy atom. The molecule has 0 spiro atoms. The van der Waals surface area contributed by atoms with E-state index in [-0.39, 0.29) is 305 Å². The summed E-state index contributed by atoms with van der Waals surface area (Å²) in [6.45, 7) is 7.61. The van der Waals surface area contributed by atoms with Gasteiger partial charge < -0.3 is 98.6 Å². The van der Waals surface area contributed by atoms with Gasteiger partial charge in [-0.1, -0.05) is 35.5 Å². The number of terminal acetylenes is 6. The van der Waals surface area contributed by atoms with Crippen LogP contribution in [0.2, 0.25) is 0 Å². The molecule has 0 radical (unpaired) electrons. The van der Waals surface area contributed by atoms with Crippen molar-refractivity contribution in [2.45, 2.75) is 128 Å². The molecule has 7 N–H and O–H groups in total. The molecule has 0 aliphatic carbocycles. The van der Waals surface area contributed by atoms with E-state index in [1.165, 1.54) is 24.3 Å². The van der Waals surface area contributed by atoms with Crippen LogP contribution in [-0.4, -0.2) is 267 Å². The van der Waals surface area contributed by atoms with E-state index in [1.807, 2.05) is 0 Å². The lowest BCUT2D eigenvalue weighted by Crippen LogP contribution is -2.35. The summed E-state index contributed by atoms with van der Waals surface area (Å²) in [5.41, 5.74) is -2.01. The summed E-state index contributed by atoms with van der Waals surface area (Å²) in [6.07, 6.45) is 32.0. The molecule has 1 aromatic rings. The van der Waals surface area contributed by atoms with Gasteiger partial charge in [-0.15, -0.1) is 38.5 Å². The van der Waals surface area contributed by atoms with E-state index in [0.29, 0.717) is 79.3 Å². The zero-order chi connectivity index (χ0) is 83.4. The van der Waals surface area contributed by atoms with Gasteiger partial charge in [-0.05, 0) is 74.3 Å². The maximum Gasteiger partial charge on any atom is 0.311 e. The van der Waals surface area contributed by atoms with Gasteiger partial charge in [-0.25, -0.2) is 0 Å². The van der Waals surface area contributed by atoms with Crippen molar-refractivity contribution in [3.8, 4) is 79.8 Å². The summed E-state index contributed by atoms with van der Waals surface area (Å²) in [6, 6.07) is 5.03. The van der Waals surface area contributed by atoms with Crippen molar-refractivity contribution in [3.05, 3.63) is 34.4 Å². The molecular formula is C80H117N7O26. The number of ketones is 2.